The van der Waals surface area contributed by atoms with Crippen LogP contribution in [0.15, 0.2) is 176 Å². The van der Waals surface area contributed by atoms with E-state index in [9.17, 15) is 0 Å². The van der Waals surface area contributed by atoms with Gasteiger partial charge >= 0.3 is 0 Å². The summed E-state index contributed by atoms with van der Waals surface area (Å²) in [6.45, 7) is 0. The van der Waals surface area contributed by atoms with Crippen molar-refractivity contribution in [2.24, 2.45) is 0 Å². The molecule has 0 fully saturated rings. The fourth-order valence-corrected chi connectivity index (χ4v) is 7.12. The first kappa shape index (κ1) is 31.2. The smallest absolute Gasteiger partial charge is 0.182 e. The van der Waals surface area contributed by atoms with Crippen LogP contribution in [-0.2, 0) is 0 Å². The molecule has 4 heterocycles. The van der Waals surface area contributed by atoms with Crippen LogP contribution in [0.2, 0.25) is 0 Å². The second kappa shape index (κ2) is 13.2. The van der Waals surface area contributed by atoms with Crippen LogP contribution in [0.1, 0.15) is 0 Å². The Morgan fingerprint density at radius 3 is 1.09 bits per heavy atom. The number of benzene rings is 6. The lowest BCUT2D eigenvalue weighted by Gasteiger charge is -2.16. The molecule has 0 atom stereocenters. The van der Waals surface area contributed by atoms with E-state index in [1.54, 1.807) is 12.4 Å². The SMILES string of the molecule is c1ccc(-c2cc(-c3ccccc3)nc(-c3cc4c5ccccc5c(-c5nc(-c6ccccn6)nc(-c6ccccn6)n5)cc4c4ccccc34)n2)cc1. The van der Waals surface area contributed by atoms with E-state index in [1.807, 2.05) is 72.8 Å². The Hall–Kier alpha value is -7.51. The van der Waals surface area contributed by atoms with Crippen molar-refractivity contribution >= 4 is 32.3 Å². The van der Waals surface area contributed by atoms with Crippen molar-refractivity contribution in [3.8, 4) is 68.3 Å². The van der Waals surface area contributed by atoms with Crippen LogP contribution in [0.4, 0.5) is 0 Å². The van der Waals surface area contributed by atoms with Crippen molar-refractivity contribution in [2.75, 3.05) is 0 Å². The van der Waals surface area contributed by atoms with E-state index in [0.29, 0.717) is 34.7 Å². The Morgan fingerprint density at radius 1 is 0.259 bits per heavy atom. The molecule has 7 nitrogen and oxygen atoms in total. The van der Waals surface area contributed by atoms with Crippen molar-refractivity contribution in [2.45, 2.75) is 0 Å². The molecule has 0 spiro atoms. The van der Waals surface area contributed by atoms with Gasteiger partial charge in [0.25, 0.3) is 0 Å². The summed E-state index contributed by atoms with van der Waals surface area (Å²) in [4.78, 5) is 34.5. The molecule has 0 saturated heterocycles. The van der Waals surface area contributed by atoms with Crippen LogP contribution in [-0.4, -0.2) is 34.9 Å². The second-order valence-corrected chi connectivity index (χ2v) is 13.0. The first-order valence-corrected chi connectivity index (χ1v) is 17.7. The zero-order chi connectivity index (χ0) is 35.8. The summed E-state index contributed by atoms with van der Waals surface area (Å²) in [5.74, 6) is 2.17. The predicted molar refractivity (Wildman–Crippen MR) is 216 cm³/mol. The molecule has 0 saturated carbocycles. The van der Waals surface area contributed by atoms with Gasteiger partial charge in [-0.05, 0) is 74.8 Å². The highest BCUT2D eigenvalue weighted by Gasteiger charge is 2.20. The second-order valence-electron chi connectivity index (χ2n) is 13.0. The standard InChI is InChI=1S/C47H29N7/c1-3-15-30(16-4-1)42-29-43(31-17-5-2-6-18-31)51-44(50-42)38-27-36-33-20-8-10-22-35(33)39(28-37(36)32-19-7-9-21-34(32)38)45-52-46(40-23-11-13-25-48-40)54-47(53-45)41-24-12-14-26-49-41/h1-29H. The molecule has 252 valence electrons. The van der Waals surface area contributed by atoms with Crippen LogP contribution >= 0.6 is 0 Å². The van der Waals surface area contributed by atoms with Gasteiger partial charge in [0.15, 0.2) is 23.3 Å². The van der Waals surface area contributed by atoms with Crippen molar-refractivity contribution in [3.63, 3.8) is 0 Å². The molecule has 6 aromatic carbocycles. The number of rotatable bonds is 6. The summed E-state index contributed by atoms with van der Waals surface area (Å²) >= 11 is 0. The Kier molecular flexibility index (Phi) is 7.66. The molecule has 0 bridgehead atoms. The number of fused-ring (bicyclic) bond motifs is 5. The van der Waals surface area contributed by atoms with Gasteiger partial charge in [-0.2, -0.15) is 0 Å². The van der Waals surface area contributed by atoms with Crippen molar-refractivity contribution in [1.29, 1.82) is 0 Å². The van der Waals surface area contributed by atoms with Crippen molar-refractivity contribution in [1.82, 2.24) is 34.9 Å². The number of pyridine rings is 2. The maximum atomic E-state index is 5.23. The Morgan fingerprint density at radius 2 is 0.648 bits per heavy atom. The number of hydrogen-bond donors (Lipinski definition) is 0. The van der Waals surface area contributed by atoms with Gasteiger partial charge in [0.1, 0.15) is 11.4 Å². The van der Waals surface area contributed by atoms with Crippen LogP contribution in [0.3, 0.4) is 0 Å². The molecule has 7 heteroatoms. The minimum absolute atomic E-state index is 0.482. The highest BCUT2D eigenvalue weighted by molar-refractivity contribution is 6.23. The van der Waals surface area contributed by atoms with Gasteiger partial charge < -0.3 is 0 Å². The van der Waals surface area contributed by atoms with E-state index < -0.39 is 0 Å². The average molecular weight is 692 g/mol. The number of aromatic nitrogens is 7. The summed E-state index contributed by atoms with van der Waals surface area (Å²) in [5, 5.41) is 6.37. The predicted octanol–water partition coefficient (Wildman–Crippen LogP) is 10.9. The molecule has 0 unspecified atom stereocenters. The summed E-state index contributed by atoms with van der Waals surface area (Å²) in [6, 6.07) is 55.5. The third-order valence-corrected chi connectivity index (χ3v) is 9.65. The van der Waals surface area contributed by atoms with E-state index in [1.165, 1.54) is 0 Å². The normalized spacial score (nSPS) is 11.3. The molecule has 0 aliphatic heterocycles. The fourth-order valence-electron chi connectivity index (χ4n) is 7.12. The van der Waals surface area contributed by atoms with Gasteiger partial charge in [-0.15, -0.1) is 0 Å². The minimum Gasteiger partial charge on any atom is -0.253 e. The lowest BCUT2D eigenvalue weighted by molar-refractivity contribution is 1.05. The van der Waals surface area contributed by atoms with Crippen molar-refractivity contribution < 1.29 is 0 Å². The molecule has 10 aromatic rings. The molecule has 10 rings (SSSR count). The van der Waals surface area contributed by atoms with Gasteiger partial charge in [0.05, 0.1) is 11.4 Å². The van der Waals surface area contributed by atoms with Crippen molar-refractivity contribution in [3.05, 3.63) is 176 Å². The van der Waals surface area contributed by atoms with E-state index in [0.717, 1.165) is 66.0 Å². The summed E-state index contributed by atoms with van der Waals surface area (Å²) in [6.07, 6.45) is 3.49. The van der Waals surface area contributed by atoms with Crippen LogP contribution in [0.5, 0.6) is 0 Å². The Labute approximate surface area is 310 Å². The lowest BCUT2D eigenvalue weighted by atomic mass is 9.90. The molecule has 0 aliphatic rings. The quantitative estimate of drug-likeness (QED) is 0.160. The highest BCUT2D eigenvalue weighted by atomic mass is 15.1. The van der Waals surface area contributed by atoms with E-state index >= 15 is 0 Å². The third-order valence-electron chi connectivity index (χ3n) is 9.65. The average Bonchev–Trinajstić information content (AvgIpc) is 3.26. The third kappa shape index (κ3) is 5.61. The molecule has 0 radical (unpaired) electrons. The molecular formula is C47H29N7. The molecular weight excluding hydrogens is 663 g/mol. The molecule has 0 amide bonds. The highest BCUT2D eigenvalue weighted by Crippen LogP contribution is 2.41. The molecule has 54 heavy (non-hydrogen) atoms. The van der Waals surface area contributed by atoms with Gasteiger partial charge in [-0.3, -0.25) is 9.97 Å². The van der Waals surface area contributed by atoms with Gasteiger partial charge in [0.2, 0.25) is 0 Å². The summed E-state index contributed by atoms with van der Waals surface area (Å²) in [7, 11) is 0. The van der Waals surface area contributed by atoms with E-state index in [-0.39, 0.29) is 0 Å². The summed E-state index contributed by atoms with van der Waals surface area (Å²) < 4.78 is 0. The molecule has 0 aliphatic carbocycles. The topological polar surface area (TPSA) is 90.2 Å². The molecule has 0 N–H and O–H groups in total. The number of nitrogens with zero attached hydrogens (tertiary/aromatic N) is 7. The fraction of sp³-hybridized carbons (Fsp3) is 0. The van der Waals surface area contributed by atoms with Gasteiger partial charge in [-0.25, -0.2) is 24.9 Å². The van der Waals surface area contributed by atoms with E-state index in [2.05, 4.69) is 101 Å². The lowest BCUT2D eigenvalue weighted by Crippen LogP contribution is -2.02. The van der Waals surface area contributed by atoms with E-state index in [4.69, 9.17) is 24.9 Å². The van der Waals surface area contributed by atoms with Crippen LogP contribution < -0.4 is 0 Å². The first-order chi connectivity index (χ1) is 26.8. The molecule has 4 aromatic heterocycles. The number of hydrogen-bond acceptors (Lipinski definition) is 7. The van der Waals surface area contributed by atoms with Crippen LogP contribution in [0.25, 0.3) is 101 Å². The monoisotopic (exact) mass is 691 g/mol. The summed E-state index contributed by atoms with van der Waals surface area (Å²) in [5.41, 5.74) is 6.97. The minimum atomic E-state index is 0.482. The largest absolute Gasteiger partial charge is 0.253 e. The first-order valence-electron chi connectivity index (χ1n) is 17.7. The zero-order valence-corrected chi connectivity index (χ0v) is 28.9. The van der Waals surface area contributed by atoms with Gasteiger partial charge in [0, 0.05) is 34.6 Å². The van der Waals surface area contributed by atoms with Gasteiger partial charge in [-0.1, -0.05) is 121 Å². The van der Waals surface area contributed by atoms with Crippen LogP contribution in [0, 0.1) is 0 Å². The maximum absolute atomic E-state index is 5.23. The Bertz CT molecular complexity index is 2650. The Balaban J connectivity index is 1.25. The zero-order valence-electron chi connectivity index (χ0n) is 28.9. The maximum Gasteiger partial charge on any atom is 0.182 e.